The van der Waals surface area contributed by atoms with Crippen molar-refractivity contribution in [1.82, 2.24) is 5.32 Å². The zero-order valence-electron chi connectivity index (χ0n) is 14.1. The van der Waals surface area contributed by atoms with E-state index in [1.54, 1.807) is 31.2 Å². The Kier molecular flexibility index (Phi) is 6.55. The highest BCUT2D eigenvalue weighted by Crippen LogP contribution is 2.19. The summed E-state index contributed by atoms with van der Waals surface area (Å²) in [4.78, 5) is 23.3. The molecule has 0 saturated heterocycles. The molecule has 2 aromatic carbocycles. The molecule has 0 radical (unpaired) electrons. The van der Waals surface area contributed by atoms with Crippen LogP contribution in [0.1, 0.15) is 42.1 Å². The second kappa shape index (κ2) is 8.87. The number of hydrogen-bond acceptors (Lipinski definition) is 3. The molecule has 2 atom stereocenters. The zero-order valence-corrected chi connectivity index (χ0v) is 14.1. The third kappa shape index (κ3) is 4.69. The van der Waals surface area contributed by atoms with Crippen molar-refractivity contribution in [2.45, 2.75) is 32.3 Å². The lowest BCUT2D eigenvalue weighted by Crippen LogP contribution is -2.38. The lowest BCUT2D eigenvalue weighted by molar-refractivity contribution is -0.127. The summed E-state index contributed by atoms with van der Waals surface area (Å²) in [5, 5.41) is 2.94. The van der Waals surface area contributed by atoms with Crippen LogP contribution in [0.4, 0.5) is 0 Å². The summed E-state index contributed by atoms with van der Waals surface area (Å²) in [6, 6.07) is 17.0. The van der Waals surface area contributed by atoms with E-state index in [1.165, 1.54) is 5.56 Å². The molecule has 24 heavy (non-hydrogen) atoms. The maximum absolute atomic E-state index is 12.3. The molecule has 0 aliphatic heterocycles. The van der Waals surface area contributed by atoms with Crippen molar-refractivity contribution >= 4 is 12.2 Å². The molecule has 4 heteroatoms. The number of para-hydroxylation sites is 1. The first-order valence-corrected chi connectivity index (χ1v) is 8.19. The second-order valence-corrected chi connectivity index (χ2v) is 5.68. The van der Waals surface area contributed by atoms with E-state index in [0.717, 1.165) is 12.7 Å². The fourth-order valence-electron chi connectivity index (χ4n) is 2.52. The number of benzene rings is 2. The fraction of sp³-hybridized carbons (Fsp3) is 0.300. The Balaban J connectivity index is 1.92. The smallest absolute Gasteiger partial charge is 0.260 e. The molecule has 126 valence electrons. The van der Waals surface area contributed by atoms with E-state index < -0.39 is 6.10 Å². The molecule has 1 N–H and O–H groups in total. The molecule has 0 aliphatic rings. The highest BCUT2D eigenvalue weighted by atomic mass is 16.5. The van der Waals surface area contributed by atoms with Gasteiger partial charge in [-0.15, -0.1) is 0 Å². The molecule has 0 heterocycles. The third-order valence-corrected chi connectivity index (χ3v) is 4.01. The maximum atomic E-state index is 12.3. The van der Waals surface area contributed by atoms with E-state index >= 15 is 0 Å². The number of carbonyl (C=O) groups excluding carboxylic acids is 2. The summed E-state index contributed by atoms with van der Waals surface area (Å²) in [6.45, 7) is 4.34. The van der Waals surface area contributed by atoms with E-state index in [1.807, 2.05) is 18.2 Å². The average molecular weight is 325 g/mol. The molecule has 0 spiro atoms. The number of carbonyl (C=O) groups is 2. The Morgan fingerprint density at radius 1 is 1.12 bits per heavy atom. The molecular weight excluding hydrogens is 302 g/mol. The standard InChI is InChI=1S/C20H23NO3/c1-3-16(17-9-5-4-6-10-17)13-21-20(23)15(2)24-19-12-8-7-11-18(19)14-22/h4-12,14-16H,3,13H2,1-2H3,(H,21,23)/t15-,16+/m0/s1. The van der Waals surface area contributed by atoms with Crippen LogP contribution in [-0.2, 0) is 4.79 Å². The van der Waals surface area contributed by atoms with Gasteiger partial charge in [0.2, 0.25) is 0 Å². The average Bonchev–Trinajstić information content (AvgIpc) is 2.63. The van der Waals surface area contributed by atoms with Gasteiger partial charge in [0.15, 0.2) is 12.4 Å². The Labute approximate surface area is 142 Å². The lowest BCUT2D eigenvalue weighted by atomic mass is 9.96. The highest BCUT2D eigenvalue weighted by molar-refractivity contribution is 5.82. The van der Waals surface area contributed by atoms with Crippen LogP contribution in [0.3, 0.4) is 0 Å². The summed E-state index contributed by atoms with van der Waals surface area (Å²) in [7, 11) is 0. The van der Waals surface area contributed by atoms with Crippen molar-refractivity contribution in [2.24, 2.45) is 0 Å². The lowest BCUT2D eigenvalue weighted by Gasteiger charge is -2.19. The van der Waals surface area contributed by atoms with Gasteiger partial charge in [0.1, 0.15) is 5.75 Å². The molecule has 0 unspecified atom stereocenters. The fourth-order valence-corrected chi connectivity index (χ4v) is 2.52. The molecule has 0 fully saturated rings. The molecule has 4 nitrogen and oxygen atoms in total. The Bertz CT molecular complexity index is 670. The summed E-state index contributed by atoms with van der Waals surface area (Å²) in [6.07, 6.45) is 0.995. The van der Waals surface area contributed by atoms with Crippen LogP contribution in [0.2, 0.25) is 0 Å². The molecular formula is C20H23NO3. The highest BCUT2D eigenvalue weighted by Gasteiger charge is 2.18. The van der Waals surface area contributed by atoms with Crippen LogP contribution in [0.25, 0.3) is 0 Å². The van der Waals surface area contributed by atoms with Crippen molar-refractivity contribution in [2.75, 3.05) is 6.54 Å². The van der Waals surface area contributed by atoms with Crippen molar-refractivity contribution in [3.05, 3.63) is 65.7 Å². The topological polar surface area (TPSA) is 55.4 Å². The Hall–Kier alpha value is -2.62. The first-order chi connectivity index (χ1) is 11.7. The minimum atomic E-state index is -0.667. The van der Waals surface area contributed by atoms with Gasteiger partial charge < -0.3 is 10.1 Å². The quantitative estimate of drug-likeness (QED) is 0.755. The second-order valence-electron chi connectivity index (χ2n) is 5.68. The van der Waals surface area contributed by atoms with Crippen LogP contribution in [-0.4, -0.2) is 24.8 Å². The largest absolute Gasteiger partial charge is 0.480 e. The van der Waals surface area contributed by atoms with Crippen LogP contribution in [0.5, 0.6) is 5.75 Å². The Morgan fingerprint density at radius 3 is 2.46 bits per heavy atom. The maximum Gasteiger partial charge on any atom is 0.260 e. The molecule has 0 bridgehead atoms. The summed E-state index contributed by atoms with van der Waals surface area (Å²) in [5.74, 6) is 0.500. The predicted octanol–water partition coefficient (Wildman–Crippen LogP) is 3.58. The molecule has 2 aromatic rings. The number of nitrogens with one attached hydrogen (secondary N) is 1. The third-order valence-electron chi connectivity index (χ3n) is 4.01. The van der Waals surface area contributed by atoms with E-state index in [-0.39, 0.29) is 11.8 Å². The van der Waals surface area contributed by atoms with Crippen molar-refractivity contribution in [3.63, 3.8) is 0 Å². The van der Waals surface area contributed by atoms with Gasteiger partial charge in [-0.2, -0.15) is 0 Å². The minimum Gasteiger partial charge on any atom is -0.480 e. The number of rotatable bonds is 8. The van der Waals surface area contributed by atoms with Gasteiger partial charge in [0.05, 0.1) is 5.56 Å². The summed E-state index contributed by atoms with van der Waals surface area (Å²) < 4.78 is 5.63. The minimum absolute atomic E-state index is 0.190. The van der Waals surface area contributed by atoms with Gasteiger partial charge in [-0.3, -0.25) is 9.59 Å². The number of hydrogen-bond donors (Lipinski definition) is 1. The van der Waals surface area contributed by atoms with Crippen LogP contribution in [0, 0.1) is 0 Å². The first kappa shape index (κ1) is 17.7. The van der Waals surface area contributed by atoms with E-state index in [9.17, 15) is 9.59 Å². The first-order valence-electron chi connectivity index (χ1n) is 8.19. The van der Waals surface area contributed by atoms with E-state index in [2.05, 4.69) is 24.4 Å². The van der Waals surface area contributed by atoms with Gasteiger partial charge >= 0.3 is 0 Å². The van der Waals surface area contributed by atoms with Crippen LogP contribution >= 0.6 is 0 Å². The van der Waals surface area contributed by atoms with Crippen LogP contribution in [0.15, 0.2) is 54.6 Å². The summed E-state index contributed by atoms with van der Waals surface area (Å²) in [5.41, 5.74) is 1.65. The van der Waals surface area contributed by atoms with E-state index in [0.29, 0.717) is 17.9 Å². The van der Waals surface area contributed by atoms with Crippen molar-refractivity contribution in [3.8, 4) is 5.75 Å². The van der Waals surface area contributed by atoms with E-state index in [4.69, 9.17) is 4.74 Å². The molecule has 2 rings (SSSR count). The SMILES string of the molecule is CC[C@H](CNC(=O)[C@H](C)Oc1ccccc1C=O)c1ccccc1. The molecule has 0 saturated carbocycles. The van der Waals surface area contributed by atoms with Gasteiger partial charge in [0, 0.05) is 12.5 Å². The van der Waals surface area contributed by atoms with Crippen molar-refractivity contribution < 1.29 is 14.3 Å². The monoisotopic (exact) mass is 325 g/mol. The Morgan fingerprint density at radius 2 is 1.79 bits per heavy atom. The number of aldehydes is 1. The summed E-state index contributed by atoms with van der Waals surface area (Å²) >= 11 is 0. The molecule has 0 aromatic heterocycles. The normalized spacial score (nSPS) is 12.9. The molecule has 1 amide bonds. The molecule has 0 aliphatic carbocycles. The van der Waals surface area contributed by atoms with Gasteiger partial charge in [0.25, 0.3) is 5.91 Å². The van der Waals surface area contributed by atoms with Gasteiger partial charge in [-0.25, -0.2) is 0 Å². The van der Waals surface area contributed by atoms with Crippen molar-refractivity contribution in [1.29, 1.82) is 0 Å². The number of ether oxygens (including phenoxy) is 1. The van der Waals surface area contributed by atoms with Gasteiger partial charge in [-0.05, 0) is 31.0 Å². The van der Waals surface area contributed by atoms with Crippen LogP contribution < -0.4 is 10.1 Å². The predicted molar refractivity (Wildman–Crippen MR) is 94.4 cm³/mol. The zero-order chi connectivity index (χ0) is 17.4. The van der Waals surface area contributed by atoms with Gasteiger partial charge in [-0.1, -0.05) is 49.4 Å². The number of amides is 1.